The van der Waals surface area contributed by atoms with E-state index in [0.717, 1.165) is 29.2 Å². The highest BCUT2D eigenvalue weighted by molar-refractivity contribution is 6.31. The van der Waals surface area contributed by atoms with Crippen LogP contribution in [0.1, 0.15) is 30.9 Å². The van der Waals surface area contributed by atoms with E-state index in [-0.39, 0.29) is 0 Å². The minimum absolute atomic E-state index is 0.389. The molecule has 0 saturated carbocycles. The molecule has 14 heavy (non-hydrogen) atoms. The summed E-state index contributed by atoms with van der Waals surface area (Å²) in [7, 11) is 0. The Bertz CT molecular complexity index is 319. The SMILES string of the molecule is Nc1ccc(Cl)c([C@H]2CCCCN2)c1. The maximum absolute atomic E-state index is 6.13. The number of nitrogens with two attached hydrogens (primary N) is 1. The summed E-state index contributed by atoms with van der Waals surface area (Å²) in [6.07, 6.45) is 3.68. The van der Waals surface area contributed by atoms with Crippen molar-refractivity contribution in [2.24, 2.45) is 0 Å². The second-order valence-corrected chi connectivity index (χ2v) is 4.19. The molecule has 1 saturated heterocycles. The molecule has 1 fully saturated rings. The van der Waals surface area contributed by atoms with Gasteiger partial charge >= 0.3 is 0 Å². The number of anilines is 1. The third-order valence-electron chi connectivity index (χ3n) is 2.71. The molecule has 3 N–H and O–H groups in total. The molecule has 0 spiro atoms. The van der Waals surface area contributed by atoms with Crippen molar-refractivity contribution in [3.63, 3.8) is 0 Å². The summed E-state index contributed by atoms with van der Waals surface area (Å²) in [6, 6.07) is 6.09. The topological polar surface area (TPSA) is 38.0 Å². The molecule has 0 aliphatic carbocycles. The summed E-state index contributed by atoms with van der Waals surface area (Å²) < 4.78 is 0. The molecule has 3 heteroatoms. The molecule has 76 valence electrons. The molecule has 2 nitrogen and oxygen atoms in total. The normalized spacial score (nSPS) is 22.2. The molecule has 0 radical (unpaired) electrons. The smallest absolute Gasteiger partial charge is 0.0455 e. The van der Waals surface area contributed by atoms with Crippen molar-refractivity contribution >= 4 is 17.3 Å². The average molecular weight is 211 g/mol. The van der Waals surface area contributed by atoms with Crippen molar-refractivity contribution in [1.29, 1.82) is 0 Å². The number of nitrogen functional groups attached to an aromatic ring is 1. The highest BCUT2D eigenvalue weighted by Gasteiger charge is 2.17. The van der Waals surface area contributed by atoms with Crippen molar-refractivity contribution in [3.05, 3.63) is 28.8 Å². The van der Waals surface area contributed by atoms with Gasteiger partial charge in [-0.3, -0.25) is 0 Å². The Morgan fingerprint density at radius 2 is 2.21 bits per heavy atom. The number of halogens is 1. The molecule has 1 aromatic rings. The van der Waals surface area contributed by atoms with E-state index in [9.17, 15) is 0 Å². The predicted octanol–water partition coefficient (Wildman–Crippen LogP) is 2.74. The van der Waals surface area contributed by atoms with Crippen LogP contribution in [-0.2, 0) is 0 Å². The summed E-state index contributed by atoms with van der Waals surface area (Å²) in [5, 5.41) is 4.28. The number of piperidine rings is 1. The Morgan fingerprint density at radius 1 is 1.36 bits per heavy atom. The average Bonchev–Trinajstić information content (AvgIpc) is 2.23. The van der Waals surface area contributed by atoms with Crippen LogP contribution in [0.2, 0.25) is 5.02 Å². The third kappa shape index (κ3) is 2.02. The molecular weight excluding hydrogens is 196 g/mol. The van der Waals surface area contributed by atoms with E-state index < -0.39 is 0 Å². The van der Waals surface area contributed by atoms with Gasteiger partial charge in [-0.1, -0.05) is 18.0 Å². The van der Waals surface area contributed by atoms with E-state index in [0.29, 0.717) is 6.04 Å². The summed E-state index contributed by atoms with van der Waals surface area (Å²) in [4.78, 5) is 0. The molecule has 1 aromatic carbocycles. The summed E-state index contributed by atoms with van der Waals surface area (Å²) in [6.45, 7) is 1.08. The van der Waals surface area contributed by atoms with Crippen LogP contribution in [0.15, 0.2) is 18.2 Å². The standard InChI is InChI=1S/C11H15ClN2/c12-10-5-4-8(13)7-9(10)11-3-1-2-6-14-11/h4-5,7,11,14H,1-3,6,13H2/t11-/m1/s1. The first kappa shape index (κ1) is 9.81. The van der Waals surface area contributed by atoms with Gasteiger partial charge in [0, 0.05) is 16.8 Å². The largest absolute Gasteiger partial charge is 0.399 e. The van der Waals surface area contributed by atoms with Crippen molar-refractivity contribution in [2.45, 2.75) is 25.3 Å². The van der Waals surface area contributed by atoms with Crippen LogP contribution in [-0.4, -0.2) is 6.54 Å². The zero-order chi connectivity index (χ0) is 9.97. The van der Waals surface area contributed by atoms with Crippen LogP contribution in [0, 0.1) is 0 Å². The Hall–Kier alpha value is -0.730. The maximum Gasteiger partial charge on any atom is 0.0455 e. The minimum Gasteiger partial charge on any atom is -0.399 e. The molecule has 2 rings (SSSR count). The quantitative estimate of drug-likeness (QED) is 0.700. The van der Waals surface area contributed by atoms with Crippen LogP contribution in [0.25, 0.3) is 0 Å². The summed E-state index contributed by atoms with van der Waals surface area (Å²) >= 11 is 6.13. The second kappa shape index (κ2) is 4.20. The second-order valence-electron chi connectivity index (χ2n) is 3.78. The van der Waals surface area contributed by atoms with E-state index >= 15 is 0 Å². The van der Waals surface area contributed by atoms with Gasteiger partial charge in [0.05, 0.1) is 0 Å². The Labute approximate surface area is 89.4 Å². The lowest BCUT2D eigenvalue weighted by Crippen LogP contribution is -2.27. The van der Waals surface area contributed by atoms with Gasteiger partial charge in [-0.25, -0.2) is 0 Å². The Kier molecular flexibility index (Phi) is 2.94. The first-order chi connectivity index (χ1) is 6.77. The fourth-order valence-electron chi connectivity index (χ4n) is 1.95. The van der Waals surface area contributed by atoms with Crippen LogP contribution < -0.4 is 11.1 Å². The lowest BCUT2D eigenvalue weighted by molar-refractivity contribution is 0.412. The first-order valence-electron chi connectivity index (χ1n) is 5.05. The van der Waals surface area contributed by atoms with Gasteiger partial charge in [0.25, 0.3) is 0 Å². The number of nitrogens with one attached hydrogen (secondary N) is 1. The van der Waals surface area contributed by atoms with Gasteiger partial charge in [0.2, 0.25) is 0 Å². The number of rotatable bonds is 1. The summed E-state index contributed by atoms with van der Waals surface area (Å²) in [5.74, 6) is 0. The van der Waals surface area contributed by atoms with Crippen LogP contribution in [0.3, 0.4) is 0 Å². The molecule has 0 bridgehead atoms. The van der Waals surface area contributed by atoms with Gasteiger partial charge in [0.15, 0.2) is 0 Å². The van der Waals surface area contributed by atoms with Crippen molar-refractivity contribution < 1.29 is 0 Å². The highest BCUT2D eigenvalue weighted by Crippen LogP contribution is 2.30. The van der Waals surface area contributed by atoms with Crippen LogP contribution >= 0.6 is 11.6 Å². The minimum atomic E-state index is 0.389. The van der Waals surface area contributed by atoms with Gasteiger partial charge in [-0.2, -0.15) is 0 Å². The van der Waals surface area contributed by atoms with E-state index in [4.69, 9.17) is 17.3 Å². The van der Waals surface area contributed by atoms with E-state index in [1.54, 1.807) is 0 Å². The zero-order valence-electron chi connectivity index (χ0n) is 8.09. The van der Waals surface area contributed by atoms with Gasteiger partial charge in [-0.05, 0) is 43.1 Å². The summed E-state index contributed by atoms with van der Waals surface area (Å²) in [5.41, 5.74) is 7.68. The zero-order valence-corrected chi connectivity index (χ0v) is 8.85. The fourth-order valence-corrected chi connectivity index (χ4v) is 2.20. The van der Waals surface area contributed by atoms with E-state index in [1.807, 2.05) is 18.2 Å². The van der Waals surface area contributed by atoms with Gasteiger partial charge in [0.1, 0.15) is 0 Å². The number of hydrogen-bond donors (Lipinski definition) is 2. The van der Waals surface area contributed by atoms with Gasteiger partial charge in [-0.15, -0.1) is 0 Å². The predicted molar refractivity (Wildman–Crippen MR) is 60.5 cm³/mol. The van der Waals surface area contributed by atoms with Crippen LogP contribution in [0.5, 0.6) is 0 Å². The van der Waals surface area contributed by atoms with E-state index in [2.05, 4.69) is 5.32 Å². The molecule has 0 aromatic heterocycles. The lowest BCUT2D eigenvalue weighted by Gasteiger charge is -2.24. The molecule has 0 amide bonds. The molecule has 1 aliphatic heterocycles. The van der Waals surface area contributed by atoms with Crippen molar-refractivity contribution in [1.82, 2.24) is 5.32 Å². The third-order valence-corrected chi connectivity index (χ3v) is 3.05. The number of hydrogen-bond acceptors (Lipinski definition) is 2. The first-order valence-corrected chi connectivity index (χ1v) is 5.43. The molecule has 0 unspecified atom stereocenters. The Morgan fingerprint density at radius 3 is 2.93 bits per heavy atom. The molecular formula is C11H15ClN2. The Balaban J connectivity index is 2.24. The van der Waals surface area contributed by atoms with Crippen molar-refractivity contribution in [3.8, 4) is 0 Å². The highest BCUT2D eigenvalue weighted by atomic mass is 35.5. The maximum atomic E-state index is 6.13. The molecule has 1 heterocycles. The monoisotopic (exact) mass is 210 g/mol. The molecule has 1 aliphatic rings. The molecule has 1 atom stereocenters. The number of benzene rings is 1. The lowest BCUT2D eigenvalue weighted by atomic mass is 9.97. The fraction of sp³-hybridized carbons (Fsp3) is 0.455. The van der Waals surface area contributed by atoms with E-state index in [1.165, 1.54) is 12.8 Å². The van der Waals surface area contributed by atoms with Crippen molar-refractivity contribution in [2.75, 3.05) is 12.3 Å². The van der Waals surface area contributed by atoms with Gasteiger partial charge < -0.3 is 11.1 Å². The van der Waals surface area contributed by atoms with Crippen LogP contribution in [0.4, 0.5) is 5.69 Å².